The number of hydrogen-bond acceptors (Lipinski definition) is 3. The molecule has 0 amide bonds. The van der Waals surface area contributed by atoms with Crippen LogP contribution < -0.4 is 0 Å². The van der Waals surface area contributed by atoms with Gasteiger partial charge in [0.25, 0.3) is 0 Å². The summed E-state index contributed by atoms with van der Waals surface area (Å²) in [6.45, 7) is 2.84. The van der Waals surface area contributed by atoms with Crippen LogP contribution in [0, 0.1) is 5.92 Å². The van der Waals surface area contributed by atoms with Gasteiger partial charge in [-0.25, -0.2) is 4.68 Å². The Bertz CT molecular complexity index is 937. The molecule has 0 radical (unpaired) electrons. The largest absolute Gasteiger partial charge is 0.481 e. The zero-order chi connectivity index (χ0) is 20.1. The fourth-order valence-electron chi connectivity index (χ4n) is 4.18. The summed E-state index contributed by atoms with van der Waals surface area (Å²) in [5.41, 5.74) is 4.39. The van der Waals surface area contributed by atoms with E-state index in [1.54, 1.807) is 0 Å². The van der Waals surface area contributed by atoms with Crippen molar-refractivity contribution in [3.8, 4) is 16.9 Å². The number of para-hydroxylation sites is 1. The molecule has 0 saturated carbocycles. The first-order valence-electron chi connectivity index (χ1n) is 10.3. The van der Waals surface area contributed by atoms with Crippen molar-refractivity contribution in [2.24, 2.45) is 5.92 Å². The van der Waals surface area contributed by atoms with Gasteiger partial charge in [-0.3, -0.25) is 9.69 Å². The Morgan fingerprint density at radius 1 is 1.07 bits per heavy atom. The Labute approximate surface area is 171 Å². The molecule has 1 aliphatic heterocycles. The maximum absolute atomic E-state index is 10.9. The van der Waals surface area contributed by atoms with Crippen molar-refractivity contribution in [2.45, 2.75) is 32.2 Å². The first-order valence-corrected chi connectivity index (χ1v) is 10.3. The molecule has 29 heavy (non-hydrogen) atoms. The van der Waals surface area contributed by atoms with Gasteiger partial charge in [0, 0.05) is 36.8 Å². The van der Waals surface area contributed by atoms with Gasteiger partial charge in [0.15, 0.2) is 0 Å². The highest BCUT2D eigenvalue weighted by molar-refractivity contribution is 5.66. The Morgan fingerprint density at radius 3 is 2.52 bits per heavy atom. The normalized spacial score (nSPS) is 17.3. The molecule has 150 valence electrons. The molecule has 1 aromatic heterocycles. The highest BCUT2D eigenvalue weighted by atomic mass is 16.4. The number of likely N-dealkylation sites (tertiary alicyclic amines) is 1. The minimum absolute atomic E-state index is 0.264. The number of aromatic nitrogens is 2. The first kappa shape index (κ1) is 19.4. The maximum Gasteiger partial charge on any atom is 0.303 e. The molecule has 2 heterocycles. The second-order valence-electron chi connectivity index (χ2n) is 7.82. The standard InChI is InChI=1S/C24H27N3O2/c28-23(29)14-13-19-8-7-15-26(16-19)17-21-18-27(22-11-5-2-6-12-22)25-24(21)20-9-3-1-4-10-20/h1-6,9-12,18-19H,7-8,13-17H2,(H,28,29). The van der Waals surface area contributed by atoms with Crippen LogP contribution in [0.15, 0.2) is 66.9 Å². The molecular weight excluding hydrogens is 362 g/mol. The van der Waals surface area contributed by atoms with Crippen molar-refractivity contribution in [1.82, 2.24) is 14.7 Å². The molecule has 5 nitrogen and oxygen atoms in total. The molecule has 0 bridgehead atoms. The lowest BCUT2D eigenvalue weighted by Crippen LogP contribution is -2.35. The first-order chi connectivity index (χ1) is 14.2. The number of carbonyl (C=O) groups is 1. The van der Waals surface area contributed by atoms with E-state index in [1.807, 2.05) is 41.1 Å². The number of hydrogen-bond donors (Lipinski definition) is 1. The van der Waals surface area contributed by atoms with E-state index in [0.29, 0.717) is 5.92 Å². The summed E-state index contributed by atoms with van der Waals surface area (Å²) in [5, 5.41) is 13.9. The van der Waals surface area contributed by atoms with Gasteiger partial charge in [0.1, 0.15) is 0 Å². The molecule has 1 aliphatic rings. The number of piperidine rings is 1. The topological polar surface area (TPSA) is 58.4 Å². The summed E-state index contributed by atoms with van der Waals surface area (Å²) in [4.78, 5) is 13.4. The van der Waals surface area contributed by atoms with Gasteiger partial charge < -0.3 is 5.11 Å². The third kappa shape index (κ3) is 4.93. The predicted octanol–water partition coefficient (Wildman–Crippen LogP) is 4.62. The summed E-state index contributed by atoms with van der Waals surface area (Å²) < 4.78 is 1.96. The van der Waals surface area contributed by atoms with Gasteiger partial charge in [0.2, 0.25) is 0 Å². The third-order valence-electron chi connectivity index (χ3n) is 5.62. The van der Waals surface area contributed by atoms with E-state index in [9.17, 15) is 4.79 Å². The van der Waals surface area contributed by atoms with Gasteiger partial charge >= 0.3 is 5.97 Å². The Hall–Kier alpha value is -2.92. The van der Waals surface area contributed by atoms with E-state index in [2.05, 4.69) is 35.4 Å². The molecule has 1 saturated heterocycles. The second kappa shape index (κ2) is 9.05. The molecule has 1 unspecified atom stereocenters. The van der Waals surface area contributed by atoms with Crippen molar-refractivity contribution in [1.29, 1.82) is 0 Å². The number of nitrogens with zero attached hydrogens (tertiary/aromatic N) is 3. The van der Waals surface area contributed by atoms with Crippen LogP contribution in [0.25, 0.3) is 16.9 Å². The molecule has 4 rings (SSSR count). The number of rotatable bonds is 7. The van der Waals surface area contributed by atoms with E-state index in [-0.39, 0.29) is 6.42 Å². The predicted molar refractivity (Wildman–Crippen MR) is 114 cm³/mol. The highest BCUT2D eigenvalue weighted by Gasteiger charge is 2.22. The van der Waals surface area contributed by atoms with Crippen molar-refractivity contribution in [2.75, 3.05) is 13.1 Å². The lowest BCUT2D eigenvalue weighted by Gasteiger charge is -2.32. The van der Waals surface area contributed by atoms with Gasteiger partial charge in [-0.2, -0.15) is 5.10 Å². The van der Waals surface area contributed by atoms with E-state index in [0.717, 1.165) is 55.8 Å². The lowest BCUT2D eigenvalue weighted by molar-refractivity contribution is -0.137. The average Bonchev–Trinajstić information content (AvgIpc) is 3.17. The summed E-state index contributed by atoms with van der Waals surface area (Å²) in [6.07, 6.45) is 5.41. The molecule has 5 heteroatoms. The zero-order valence-electron chi connectivity index (χ0n) is 16.6. The maximum atomic E-state index is 10.9. The van der Waals surface area contributed by atoms with Crippen molar-refractivity contribution < 1.29 is 9.90 Å². The van der Waals surface area contributed by atoms with Crippen LogP contribution in [0.1, 0.15) is 31.2 Å². The van der Waals surface area contributed by atoms with Crippen LogP contribution in [0.5, 0.6) is 0 Å². The van der Waals surface area contributed by atoms with E-state index < -0.39 is 5.97 Å². The zero-order valence-corrected chi connectivity index (χ0v) is 16.6. The van der Waals surface area contributed by atoms with Gasteiger partial charge in [-0.1, -0.05) is 48.5 Å². The molecule has 0 spiro atoms. The fraction of sp³-hybridized carbons (Fsp3) is 0.333. The van der Waals surface area contributed by atoms with Crippen LogP contribution in [0.2, 0.25) is 0 Å². The molecule has 0 aliphatic carbocycles. The average molecular weight is 389 g/mol. The minimum Gasteiger partial charge on any atom is -0.481 e. The molecule has 1 atom stereocenters. The number of benzene rings is 2. The fourth-order valence-corrected chi connectivity index (χ4v) is 4.18. The smallest absolute Gasteiger partial charge is 0.303 e. The Balaban J connectivity index is 1.57. The van der Waals surface area contributed by atoms with Crippen LogP contribution in [-0.4, -0.2) is 38.8 Å². The summed E-state index contributed by atoms with van der Waals surface area (Å²) in [5.74, 6) is -0.234. The molecule has 1 N–H and O–H groups in total. The quantitative estimate of drug-likeness (QED) is 0.641. The van der Waals surface area contributed by atoms with Gasteiger partial charge in [-0.05, 0) is 43.9 Å². The number of aliphatic carboxylic acids is 1. The SMILES string of the molecule is O=C(O)CCC1CCCN(Cc2cn(-c3ccccc3)nc2-c2ccccc2)C1. The Morgan fingerprint density at radius 2 is 1.79 bits per heavy atom. The second-order valence-corrected chi connectivity index (χ2v) is 7.82. The molecule has 2 aromatic carbocycles. The monoisotopic (exact) mass is 389 g/mol. The highest BCUT2D eigenvalue weighted by Crippen LogP contribution is 2.27. The molecule has 3 aromatic rings. The number of carboxylic acid groups (broad SMARTS) is 1. The summed E-state index contributed by atoms with van der Waals surface area (Å²) in [6, 6.07) is 20.5. The van der Waals surface area contributed by atoms with Gasteiger partial charge in [0.05, 0.1) is 11.4 Å². The molecule has 1 fully saturated rings. The minimum atomic E-state index is -0.697. The van der Waals surface area contributed by atoms with Crippen molar-refractivity contribution in [3.63, 3.8) is 0 Å². The van der Waals surface area contributed by atoms with E-state index >= 15 is 0 Å². The summed E-state index contributed by atoms with van der Waals surface area (Å²) >= 11 is 0. The van der Waals surface area contributed by atoms with Crippen LogP contribution in [0.3, 0.4) is 0 Å². The molecular formula is C24H27N3O2. The Kier molecular flexibility index (Phi) is 6.06. The number of carboxylic acids is 1. The van der Waals surface area contributed by atoms with Gasteiger partial charge in [-0.15, -0.1) is 0 Å². The van der Waals surface area contributed by atoms with E-state index in [1.165, 1.54) is 5.56 Å². The lowest BCUT2D eigenvalue weighted by atomic mass is 9.93. The van der Waals surface area contributed by atoms with Crippen molar-refractivity contribution >= 4 is 5.97 Å². The van der Waals surface area contributed by atoms with Crippen LogP contribution >= 0.6 is 0 Å². The van der Waals surface area contributed by atoms with Crippen LogP contribution in [0.4, 0.5) is 0 Å². The van der Waals surface area contributed by atoms with E-state index in [4.69, 9.17) is 10.2 Å². The van der Waals surface area contributed by atoms with Crippen LogP contribution in [-0.2, 0) is 11.3 Å². The summed E-state index contributed by atoms with van der Waals surface area (Å²) in [7, 11) is 0. The van der Waals surface area contributed by atoms with Crippen molar-refractivity contribution in [3.05, 3.63) is 72.4 Å². The third-order valence-corrected chi connectivity index (χ3v) is 5.62.